The van der Waals surface area contributed by atoms with E-state index in [0.29, 0.717) is 5.41 Å². The second-order valence-corrected chi connectivity index (χ2v) is 6.43. The van der Waals surface area contributed by atoms with E-state index in [-0.39, 0.29) is 0 Å². The number of allylic oxidation sites excluding steroid dienone is 4. The van der Waals surface area contributed by atoms with Gasteiger partial charge in [-0.2, -0.15) is 0 Å². The second kappa shape index (κ2) is 6.42. The Morgan fingerprint density at radius 2 is 2.06 bits per heavy atom. The molecule has 0 fully saturated rings. The first-order chi connectivity index (χ1) is 7.96. The Morgan fingerprint density at radius 3 is 2.59 bits per heavy atom. The van der Waals surface area contributed by atoms with E-state index >= 15 is 0 Å². The molecule has 1 aliphatic carbocycles. The molecule has 0 heterocycles. The van der Waals surface area contributed by atoms with Crippen LogP contribution in [-0.4, -0.2) is 0 Å². The van der Waals surface area contributed by atoms with E-state index in [1.165, 1.54) is 37.7 Å². The third-order valence-electron chi connectivity index (χ3n) is 4.65. The highest BCUT2D eigenvalue weighted by atomic mass is 14.4. The topological polar surface area (TPSA) is 0 Å². The summed E-state index contributed by atoms with van der Waals surface area (Å²) in [4.78, 5) is 0. The molecule has 1 rings (SSSR count). The van der Waals surface area contributed by atoms with Crippen molar-refractivity contribution in [2.45, 2.75) is 66.7 Å². The molecule has 0 nitrogen and oxygen atoms in total. The molecular weight excluding hydrogens is 204 g/mol. The molecule has 0 aromatic carbocycles. The van der Waals surface area contributed by atoms with Gasteiger partial charge in [-0.15, -0.1) is 0 Å². The van der Waals surface area contributed by atoms with E-state index < -0.39 is 0 Å². The van der Waals surface area contributed by atoms with Crippen LogP contribution in [0.15, 0.2) is 23.8 Å². The molecule has 0 bridgehead atoms. The molecule has 0 aromatic heterocycles. The first-order valence-electron chi connectivity index (χ1n) is 7.27. The third kappa shape index (κ3) is 4.33. The van der Waals surface area contributed by atoms with Gasteiger partial charge in [0.1, 0.15) is 0 Å². The van der Waals surface area contributed by atoms with E-state index in [4.69, 9.17) is 0 Å². The molecule has 0 radical (unpaired) electrons. The Balaban J connectivity index is 2.50. The van der Waals surface area contributed by atoms with Crippen molar-refractivity contribution in [3.63, 3.8) is 0 Å². The molecule has 3 atom stereocenters. The molecule has 98 valence electrons. The van der Waals surface area contributed by atoms with Crippen LogP contribution in [-0.2, 0) is 0 Å². The van der Waals surface area contributed by atoms with Crippen LogP contribution in [0.3, 0.4) is 0 Å². The summed E-state index contributed by atoms with van der Waals surface area (Å²) in [6.07, 6.45) is 13.9. The molecule has 1 aliphatic rings. The quantitative estimate of drug-likeness (QED) is 0.531. The summed E-state index contributed by atoms with van der Waals surface area (Å²) in [5.74, 6) is 1.61. The summed E-state index contributed by atoms with van der Waals surface area (Å²) in [7, 11) is 0. The zero-order chi connectivity index (χ0) is 12.9. The maximum absolute atomic E-state index is 2.48. The Hall–Kier alpha value is -0.520. The molecule has 0 aliphatic heterocycles. The lowest BCUT2D eigenvalue weighted by Crippen LogP contribution is -2.29. The summed E-state index contributed by atoms with van der Waals surface area (Å²) in [6, 6.07) is 0. The summed E-state index contributed by atoms with van der Waals surface area (Å²) in [5.41, 5.74) is 1.90. The molecule has 0 saturated heterocycles. The maximum atomic E-state index is 2.48. The van der Waals surface area contributed by atoms with Crippen molar-refractivity contribution in [3.8, 4) is 0 Å². The molecule has 0 aromatic rings. The van der Waals surface area contributed by atoms with Crippen LogP contribution in [0, 0.1) is 17.3 Å². The Morgan fingerprint density at radius 1 is 1.35 bits per heavy atom. The highest BCUT2D eigenvalue weighted by molar-refractivity contribution is 5.04. The van der Waals surface area contributed by atoms with E-state index in [1.807, 2.05) is 0 Å². The Labute approximate surface area is 108 Å². The highest BCUT2D eigenvalue weighted by Crippen LogP contribution is 2.42. The zero-order valence-corrected chi connectivity index (χ0v) is 12.4. The van der Waals surface area contributed by atoms with Gasteiger partial charge in [0.2, 0.25) is 0 Å². The van der Waals surface area contributed by atoms with Crippen LogP contribution < -0.4 is 0 Å². The fourth-order valence-corrected chi connectivity index (χ4v) is 2.95. The van der Waals surface area contributed by atoms with Crippen LogP contribution in [0.4, 0.5) is 0 Å². The first kappa shape index (κ1) is 14.5. The van der Waals surface area contributed by atoms with E-state index in [1.54, 1.807) is 0 Å². The average molecular weight is 234 g/mol. The zero-order valence-electron chi connectivity index (χ0n) is 12.4. The number of hydrogen-bond donors (Lipinski definition) is 0. The number of hydrogen-bond acceptors (Lipinski definition) is 0. The number of rotatable bonds is 5. The summed E-state index contributed by atoms with van der Waals surface area (Å²) in [6.45, 7) is 11.7. The predicted octanol–water partition coefficient (Wildman–Crippen LogP) is 5.75. The van der Waals surface area contributed by atoms with Gasteiger partial charge >= 0.3 is 0 Å². The smallest absolute Gasteiger partial charge is 0.0118 e. The molecule has 0 saturated carbocycles. The first-order valence-corrected chi connectivity index (χ1v) is 7.27. The molecule has 0 amide bonds. The summed E-state index contributed by atoms with van der Waals surface area (Å²) >= 11 is 0. The van der Waals surface area contributed by atoms with Crippen LogP contribution in [0.25, 0.3) is 0 Å². The van der Waals surface area contributed by atoms with Crippen molar-refractivity contribution >= 4 is 0 Å². The van der Waals surface area contributed by atoms with Gasteiger partial charge in [0.15, 0.2) is 0 Å². The maximum Gasteiger partial charge on any atom is -0.0118 e. The van der Waals surface area contributed by atoms with Crippen LogP contribution >= 0.6 is 0 Å². The lowest BCUT2D eigenvalue weighted by atomic mass is 9.66. The Kier molecular flexibility index (Phi) is 5.49. The predicted molar refractivity (Wildman–Crippen MR) is 78.1 cm³/mol. The van der Waals surface area contributed by atoms with Crippen molar-refractivity contribution in [1.29, 1.82) is 0 Å². The molecule has 0 spiro atoms. The van der Waals surface area contributed by atoms with Crippen LogP contribution in [0.2, 0.25) is 0 Å². The average Bonchev–Trinajstić information content (AvgIpc) is 2.28. The van der Waals surface area contributed by atoms with Crippen molar-refractivity contribution in [1.82, 2.24) is 0 Å². The van der Waals surface area contributed by atoms with Gasteiger partial charge < -0.3 is 0 Å². The minimum absolute atomic E-state index is 0.447. The van der Waals surface area contributed by atoms with Gasteiger partial charge in [-0.25, -0.2) is 0 Å². The van der Waals surface area contributed by atoms with Crippen molar-refractivity contribution < 1.29 is 0 Å². The normalized spacial score (nSPS) is 27.6. The lowest BCUT2D eigenvalue weighted by molar-refractivity contribution is 0.170. The summed E-state index contributed by atoms with van der Waals surface area (Å²) < 4.78 is 0. The van der Waals surface area contributed by atoms with E-state index in [2.05, 4.69) is 52.8 Å². The van der Waals surface area contributed by atoms with Crippen LogP contribution in [0.1, 0.15) is 66.7 Å². The molecule has 0 N–H and O–H groups in total. The van der Waals surface area contributed by atoms with E-state index in [0.717, 1.165) is 11.8 Å². The minimum atomic E-state index is 0.447. The van der Waals surface area contributed by atoms with Crippen molar-refractivity contribution in [3.05, 3.63) is 23.8 Å². The van der Waals surface area contributed by atoms with E-state index in [9.17, 15) is 0 Å². The summed E-state index contributed by atoms with van der Waals surface area (Å²) in [5, 5.41) is 0. The fraction of sp³-hybridized carbons (Fsp3) is 0.765. The molecule has 0 heteroatoms. The SMILES string of the molecule is CC(C)=CCCC(C)C(C)C1(C)C=CCCC1. The van der Waals surface area contributed by atoms with Crippen molar-refractivity contribution in [2.24, 2.45) is 17.3 Å². The largest absolute Gasteiger partial charge is 0.0880 e. The van der Waals surface area contributed by atoms with Gasteiger partial charge in [0.05, 0.1) is 0 Å². The van der Waals surface area contributed by atoms with Gasteiger partial charge in [-0.3, -0.25) is 0 Å². The molecule has 3 unspecified atom stereocenters. The monoisotopic (exact) mass is 234 g/mol. The minimum Gasteiger partial charge on any atom is -0.0880 e. The third-order valence-corrected chi connectivity index (χ3v) is 4.65. The molecule has 17 heavy (non-hydrogen) atoms. The fourth-order valence-electron chi connectivity index (χ4n) is 2.95. The Bertz CT molecular complexity index is 280. The van der Waals surface area contributed by atoms with Gasteiger partial charge in [0, 0.05) is 0 Å². The second-order valence-electron chi connectivity index (χ2n) is 6.43. The lowest BCUT2D eigenvalue weighted by Gasteiger charge is -2.38. The standard InChI is InChI=1S/C17H30/c1-14(2)10-9-11-15(3)16(4)17(5)12-7-6-8-13-17/h7,10,12,15-16H,6,8-9,11,13H2,1-5H3. The highest BCUT2D eigenvalue weighted by Gasteiger charge is 2.32. The molecular formula is C17H30. The van der Waals surface area contributed by atoms with Crippen molar-refractivity contribution in [2.75, 3.05) is 0 Å². The van der Waals surface area contributed by atoms with Crippen LogP contribution in [0.5, 0.6) is 0 Å². The van der Waals surface area contributed by atoms with Gasteiger partial charge in [-0.05, 0) is 63.2 Å². The van der Waals surface area contributed by atoms with Gasteiger partial charge in [0.25, 0.3) is 0 Å². The van der Waals surface area contributed by atoms with Gasteiger partial charge in [-0.1, -0.05) is 44.6 Å².